The largest absolute Gasteiger partial charge is 0.316 e. The molecular weight excluding hydrogens is 266 g/mol. The standard InChI is InChI=1S/C16H27N3S/c1-10-11(2)18-15(19-12(10)3)20-14-9-16(4,5)8-7-13(14)17-6/h13-14,17H,7-9H2,1-6H3. The lowest BCUT2D eigenvalue weighted by atomic mass is 9.75. The first-order valence-electron chi connectivity index (χ1n) is 7.48. The third kappa shape index (κ3) is 3.53. The fraction of sp³-hybridized carbons (Fsp3) is 0.750. The predicted octanol–water partition coefficient (Wildman–Crippen LogP) is 3.66. The number of nitrogens with zero attached hydrogens (tertiary/aromatic N) is 2. The van der Waals surface area contributed by atoms with Gasteiger partial charge in [-0.25, -0.2) is 9.97 Å². The van der Waals surface area contributed by atoms with Crippen LogP contribution in [0.25, 0.3) is 0 Å². The molecule has 4 heteroatoms. The van der Waals surface area contributed by atoms with Gasteiger partial charge in [0.05, 0.1) is 0 Å². The van der Waals surface area contributed by atoms with E-state index in [2.05, 4.69) is 57.0 Å². The molecule has 1 aliphatic carbocycles. The SMILES string of the molecule is CNC1CCC(C)(C)CC1Sc1nc(C)c(C)c(C)n1. The number of thioether (sulfide) groups is 1. The zero-order valence-corrected chi connectivity index (χ0v) is 14.4. The molecule has 0 aliphatic heterocycles. The summed E-state index contributed by atoms with van der Waals surface area (Å²) >= 11 is 1.85. The number of aromatic nitrogens is 2. The number of hydrogen-bond donors (Lipinski definition) is 1. The van der Waals surface area contributed by atoms with E-state index in [-0.39, 0.29) is 0 Å². The molecule has 1 N–H and O–H groups in total. The first kappa shape index (κ1) is 15.8. The summed E-state index contributed by atoms with van der Waals surface area (Å²) in [4.78, 5) is 9.34. The van der Waals surface area contributed by atoms with E-state index in [1.807, 2.05) is 11.8 Å². The van der Waals surface area contributed by atoms with Gasteiger partial charge in [0.1, 0.15) is 0 Å². The third-order valence-electron chi connectivity index (χ3n) is 4.57. The molecule has 0 radical (unpaired) electrons. The van der Waals surface area contributed by atoms with E-state index >= 15 is 0 Å². The molecule has 0 aromatic carbocycles. The average molecular weight is 293 g/mol. The summed E-state index contributed by atoms with van der Waals surface area (Å²) in [5.74, 6) is 0. The highest BCUT2D eigenvalue weighted by atomic mass is 32.2. The minimum absolute atomic E-state index is 0.430. The van der Waals surface area contributed by atoms with Crippen LogP contribution in [-0.2, 0) is 0 Å². The fourth-order valence-corrected chi connectivity index (χ4v) is 4.53. The zero-order chi connectivity index (χ0) is 14.9. The van der Waals surface area contributed by atoms with Crippen LogP contribution in [-0.4, -0.2) is 28.3 Å². The Bertz CT molecular complexity index is 462. The van der Waals surface area contributed by atoms with Crippen LogP contribution in [0.1, 0.15) is 50.1 Å². The molecule has 0 saturated heterocycles. The van der Waals surface area contributed by atoms with Crippen molar-refractivity contribution in [1.29, 1.82) is 0 Å². The molecule has 112 valence electrons. The second-order valence-corrected chi connectivity index (χ2v) is 7.97. The van der Waals surface area contributed by atoms with Crippen LogP contribution in [0.5, 0.6) is 0 Å². The summed E-state index contributed by atoms with van der Waals surface area (Å²) in [7, 11) is 2.07. The van der Waals surface area contributed by atoms with Gasteiger partial charge in [0, 0.05) is 22.7 Å². The highest BCUT2D eigenvalue weighted by Crippen LogP contribution is 2.42. The van der Waals surface area contributed by atoms with Crippen molar-refractivity contribution in [2.24, 2.45) is 5.41 Å². The van der Waals surface area contributed by atoms with Gasteiger partial charge in [0.15, 0.2) is 5.16 Å². The van der Waals surface area contributed by atoms with E-state index in [1.54, 1.807) is 0 Å². The van der Waals surface area contributed by atoms with Gasteiger partial charge in [0.2, 0.25) is 0 Å². The molecule has 1 saturated carbocycles. The van der Waals surface area contributed by atoms with Crippen molar-refractivity contribution in [2.45, 2.75) is 70.3 Å². The molecule has 20 heavy (non-hydrogen) atoms. The van der Waals surface area contributed by atoms with E-state index in [4.69, 9.17) is 0 Å². The van der Waals surface area contributed by atoms with Gasteiger partial charge in [-0.15, -0.1) is 0 Å². The maximum absolute atomic E-state index is 4.67. The summed E-state index contributed by atoms with van der Waals surface area (Å²) in [5, 5.41) is 4.98. The Balaban J connectivity index is 2.18. The Hall–Kier alpha value is -0.610. The molecule has 1 aromatic heterocycles. The van der Waals surface area contributed by atoms with Gasteiger partial charge >= 0.3 is 0 Å². The minimum Gasteiger partial charge on any atom is -0.316 e. The summed E-state index contributed by atoms with van der Waals surface area (Å²) in [5.41, 5.74) is 3.86. The average Bonchev–Trinajstić information content (AvgIpc) is 2.35. The normalized spacial score (nSPS) is 25.7. The third-order valence-corrected chi connectivity index (χ3v) is 5.77. The van der Waals surface area contributed by atoms with Crippen LogP contribution in [0, 0.1) is 26.2 Å². The van der Waals surface area contributed by atoms with E-state index in [0.717, 1.165) is 16.5 Å². The van der Waals surface area contributed by atoms with Gasteiger partial charge in [-0.1, -0.05) is 25.6 Å². The van der Waals surface area contributed by atoms with Crippen LogP contribution < -0.4 is 5.32 Å². The van der Waals surface area contributed by atoms with Crippen molar-refractivity contribution in [2.75, 3.05) is 7.05 Å². The molecule has 3 nitrogen and oxygen atoms in total. The van der Waals surface area contributed by atoms with Crippen molar-refractivity contribution < 1.29 is 0 Å². The lowest BCUT2D eigenvalue weighted by Gasteiger charge is -2.40. The van der Waals surface area contributed by atoms with Crippen molar-refractivity contribution in [3.8, 4) is 0 Å². The van der Waals surface area contributed by atoms with E-state index in [9.17, 15) is 0 Å². The maximum atomic E-state index is 4.67. The lowest BCUT2D eigenvalue weighted by molar-refractivity contribution is 0.218. The second-order valence-electron chi connectivity index (χ2n) is 6.76. The summed E-state index contributed by atoms with van der Waals surface area (Å²) in [6.07, 6.45) is 3.76. The zero-order valence-electron chi connectivity index (χ0n) is 13.6. The molecule has 2 atom stereocenters. The Morgan fingerprint density at radius 1 is 1.15 bits per heavy atom. The Kier molecular flexibility index (Phi) is 4.75. The molecule has 2 rings (SSSR count). The molecule has 0 amide bonds. The van der Waals surface area contributed by atoms with Crippen LogP contribution in [0.4, 0.5) is 0 Å². The van der Waals surface area contributed by atoms with Crippen LogP contribution >= 0.6 is 11.8 Å². The van der Waals surface area contributed by atoms with Gasteiger partial charge < -0.3 is 5.32 Å². The Morgan fingerprint density at radius 3 is 2.30 bits per heavy atom. The van der Waals surface area contributed by atoms with Gasteiger partial charge in [-0.2, -0.15) is 0 Å². The first-order valence-corrected chi connectivity index (χ1v) is 8.36. The van der Waals surface area contributed by atoms with Crippen molar-refractivity contribution in [1.82, 2.24) is 15.3 Å². The molecule has 0 spiro atoms. The molecule has 1 aromatic rings. The van der Waals surface area contributed by atoms with Crippen molar-refractivity contribution in [3.05, 3.63) is 17.0 Å². The van der Waals surface area contributed by atoms with E-state index in [1.165, 1.54) is 24.8 Å². The molecule has 1 aliphatic rings. The molecular formula is C16H27N3S. The second kappa shape index (κ2) is 6.02. The summed E-state index contributed by atoms with van der Waals surface area (Å²) in [6, 6.07) is 0.568. The van der Waals surface area contributed by atoms with Crippen molar-refractivity contribution >= 4 is 11.8 Å². The Morgan fingerprint density at radius 2 is 1.75 bits per heavy atom. The number of rotatable bonds is 3. The van der Waals surface area contributed by atoms with Gasteiger partial charge in [-0.05, 0) is 58.1 Å². The van der Waals surface area contributed by atoms with E-state index < -0.39 is 0 Å². The van der Waals surface area contributed by atoms with Crippen LogP contribution in [0.3, 0.4) is 0 Å². The maximum Gasteiger partial charge on any atom is 0.188 e. The lowest BCUT2D eigenvalue weighted by Crippen LogP contribution is -2.43. The van der Waals surface area contributed by atoms with Gasteiger partial charge in [0.25, 0.3) is 0 Å². The molecule has 2 unspecified atom stereocenters. The molecule has 1 fully saturated rings. The topological polar surface area (TPSA) is 37.8 Å². The minimum atomic E-state index is 0.430. The first-order chi connectivity index (χ1) is 9.32. The van der Waals surface area contributed by atoms with Crippen LogP contribution in [0.15, 0.2) is 5.16 Å². The molecule has 1 heterocycles. The monoisotopic (exact) mass is 293 g/mol. The highest BCUT2D eigenvalue weighted by Gasteiger charge is 2.35. The number of hydrogen-bond acceptors (Lipinski definition) is 4. The summed E-state index contributed by atoms with van der Waals surface area (Å²) < 4.78 is 0. The number of nitrogens with one attached hydrogen (secondary N) is 1. The summed E-state index contributed by atoms with van der Waals surface area (Å²) in [6.45, 7) is 11.0. The highest BCUT2D eigenvalue weighted by molar-refractivity contribution is 7.99. The number of aryl methyl sites for hydroxylation is 2. The fourth-order valence-electron chi connectivity index (χ4n) is 2.90. The smallest absolute Gasteiger partial charge is 0.188 e. The molecule has 0 bridgehead atoms. The van der Waals surface area contributed by atoms with E-state index in [0.29, 0.717) is 16.7 Å². The van der Waals surface area contributed by atoms with Gasteiger partial charge in [-0.3, -0.25) is 0 Å². The Labute approximate surface area is 127 Å². The predicted molar refractivity (Wildman–Crippen MR) is 86.4 cm³/mol. The van der Waals surface area contributed by atoms with Crippen molar-refractivity contribution in [3.63, 3.8) is 0 Å². The quantitative estimate of drug-likeness (QED) is 0.863. The van der Waals surface area contributed by atoms with Crippen LogP contribution in [0.2, 0.25) is 0 Å².